The minimum atomic E-state index is -0.159. The van der Waals surface area contributed by atoms with Crippen molar-refractivity contribution < 1.29 is 9.53 Å². The molecule has 4 rings (SSSR count). The van der Waals surface area contributed by atoms with E-state index in [0.717, 1.165) is 30.0 Å². The van der Waals surface area contributed by atoms with E-state index in [1.165, 1.54) is 6.42 Å². The molecule has 1 aliphatic rings. The molecule has 1 aromatic carbocycles. The molecule has 6 nitrogen and oxygen atoms in total. The highest BCUT2D eigenvalue weighted by molar-refractivity contribution is 5.93. The highest BCUT2D eigenvalue weighted by atomic mass is 16.5. The van der Waals surface area contributed by atoms with Crippen LogP contribution in [0, 0.1) is 0 Å². The number of hydrogen-bond donors (Lipinski definition) is 1. The van der Waals surface area contributed by atoms with Crippen molar-refractivity contribution in [2.24, 2.45) is 0 Å². The molecule has 0 atom stereocenters. The van der Waals surface area contributed by atoms with Crippen LogP contribution in [0.3, 0.4) is 0 Å². The van der Waals surface area contributed by atoms with Crippen LogP contribution in [0.1, 0.15) is 35.2 Å². The Labute approximate surface area is 151 Å². The minimum Gasteiger partial charge on any atom is -0.490 e. The standard InChI is InChI=1S/C20H20N4O2/c25-20(16-8-9-19(22-13-16)24-11-10-21-14-24)23-12-15-4-1-2-7-18(15)26-17-5-3-6-17/h1-2,4,7-11,13-14,17H,3,5-6,12H2,(H,23,25). The van der Waals surface area contributed by atoms with Crippen LogP contribution in [0.4, 0.5) is 0 Å². The van der Waals surface area contributed by atoms with Gasteiger partial charge in [0.1, 0.15) is 17.9 Å². The number of nitrogens with zero attached hydrogens (tertiary/aromatic N) is 3. The number of ether oxygens (including phenoxy) is 1. The van der Waals surface area contributed by atoms with Gasteiger partial charge in [0.05, 0.1) is 11.7 Å². The van der Waals surface area contributed by atoms with E-state index in [0.29, 0.717) is 18.2 Å². The van der Waals surface area contributed by atoms with Gasteiger partial charge in [0.25, 0.3) is 5.91 Å². The van der Waals surface area contributed by atoms with Crippen molar-refractivity contribution in [1.29, 1.82) is 0 Å². The maximum atomic E-state index is 12.4. The number of imidazole rings is 1. The Morgan fingerprint density at radius 3 is 2.81 bits per heavy atom. The van der Waals surface area contributed by atoms with Gasteiger partial charge in [-0.05, 0) is 37.5 Å². The van der Waals surface area contributed by atoms with Crippen LogP contribution in [0.25, 0.3) is 5.82 Å². The van der Waals surface area contributed by atoms with Crippen LogP contribution in [-0.2, 0) is 6.54 Å². The summed E-state index contributed by atoms with van der Waals surface area (Å²) in [5.74, 6) is 1.41. The van der Waals surface area contributed by atoms with Crippen LogP contribution in [-0.4, -0.2) is 26.5 Å². The van der Waals surface area contributed by atoms with Crippen LogP contribution in [0.5, 0.6) is 5.75 Å². The van der Waals surface area contributed by atoms with E-state index >= 15 is 0 Å². The molecular weight excluding hydrogens is 328 g/mol. The summed E-state index contributed by atoms with van der Waals surface area (Å²) in [7, 11) is 0. The van der Waals surface area contributed by atoms with Crippen LogP contribution in [0.2, 0.25) is 0 Å². The summed E-state index contributed by atoms with van der Waals surface area (Å²) in [4.78, 5) is 20.7. The lowest BCUT2D eigenvalue weighted by Crippen LogP contribution is -2.26. The Bertz CT molecular complexity index is 871. The minimum absolute atomic E-state index is 0.159. The van der Waals surface area contributed by atoms with Gasteiger partial charge in [-0.3, -0.25) is 9.36 Å². The zero-order chi connectivity index (χ0) is 17.8. The Hall–Kier alpha value is -3.15. The smallest absolute Gasteiger partial charge is 0.253 e. The molecule has 1 amide bonds. The van der Waals surface area contributed by atoms with Gasteiger partial charge in [-0.1, -0.05) is 18.2 Å². The summed E-state index contributed by atoms with van der Waals surface area (Å²) in [5, 5.41) is 2.94. The largest absolute Gasteiger partial charge is 0.490 e. The molecule has 0 bridgehead atoms. The molecule has 2 aromatic heterocycles. The molecule has 1 fully saturated rings. The van der Waals surface area contributed by atoms with Crippen molar-refractivity contribution in [2.75, 3.05) is 0 Å². The number of pyridine rings is 1. The molecule has 0 unspecified atom stereocenters. The van der Waals surface area contributed by atoms with Crippen LogP contribution >= 0.6 is 0 Å². The first-order valence-electron chi connectivity index (χ1n) is 8.77. The average molecular weight is 348 g/mol. The molecular formula is C20H20N4O2. The molecule has 0 spiro atoms. The fourth-order valence-corrected chi connectivity index (χ4v) is 2.78. The van der Waals surface area contributed by atoms with Gasteiger partial charge >= 0.3 is 0 Å². The van der Waals surface area contributed by atoms with E-state index in [-0.39, 0.29) is 5.91 Å². The quantitative estimate of drug-likeness (QED) is 0.743. The number of hydrogen-bond acceptors (Lipinski definition) is 4. The number of benzene rings is 1. The fourth-order valence-electron chi connectivity index (χ4n) is 2.78. The summed E-state index contributed by atoms with van der Waals surface area (Å²) in [6, 6.07) is 11.4. The summed E-state index contributed by atoms with van der Waals surface area (Å²) >= 11 is 0. The van der Waals surface area contributed by atoms with E-state index in [4.69, 9.17) is 4.74 Å². The zero-order valence-electron chi connectivity index (χ0n) is 14.3. The lowest BCUT2D eigenvalue weighted by Gasteiger charge is -2.27. The molecule has 0 radical (unpaired) electrons. The van der Waals surface area contributed by atoms with Gasteiger partial charge in [-0.15, -0.1) is 0 Å². The lowest BCUT2D eigenvalue weighted by atomic mass is 9.96. The van der Waals surface area contributed by atoms with Gasteiger partial charge in [0.2, 0.25) is 0 Å². The van der Waals surface area contributed by atoms with Crippen molar-refractivity contribution in [2.45, 2.75) is 31.9 Å². The zero-order valence-corrected chi connectivity index (χ0v) is 14.3. The highest BCUT2D eigenvalue weighted by Crippen LogP contribution is 2.27. The first-order chi connectivity index (χ1) is 12.8. The number of amides is 1. The SMILES string of the molecule is O=C(NCc1ccccc1OC1CCC1)c1ccc(-n2ccnc2)nc1. The summed E-state index contributed by atoms with van der Waals surface area (Å²) in [6.45, 7) is 0.422. The Balaban J connectivity index is 1.39. The molecule has 2 heterocycles. The molecule has 26 heavy (non-hydrogen) atoms. The number of rotatable bonds is 6. The number of nitrogens with one attached hydrogen (secondary N) is 1. The second-order valence-corrected chi connectivity index (χ2v) is 6.34. The summed E-state index contributed by atoms with van der Waals surface area (Å²) in [5.41, 5.74) is 1.50. The topological polar surface area (TPSA) is 69.0 Å². The van der Waals surface area contributed by atoms with Gasteiger partial charge in [-0.2, -0.15) is 0 Å². The second-order valence-electron chi connectivity index (χ2n) is 6.34. The van der Waals surface area contributed by atoms with Crippen molar-refractivity contribution in [3.63, 3.8) is 0 Å². The number of carbonyl (C=O) groups is 1. The maximum absolute atomic E-state index is 12.4. The average Bonchev–Trinajstić information content (AvgIpc) is 3.18. The number of para-hydroxylation sites is 1. The Kier molecular flexibility index (Phi) is 4.64. The van der Waals surface area contributed by atoms with Gasteiger partial charge in [0, 0.05) is 30.7 Å². The van der Waals surface area contributed by atoms with Gasteiger partial charge in [-0.25, -0.2) is 9.97 Å². The van der Waals surface area contributed by atoms with Gasteiger partial charge < -0.3 is 10.1 Å². The van der Waals surface area contributed by atoms with E-state index in [1.54, 1.807) is 41.6 Å². The molecule has 1 aliphatic carbocycles. The van der Waals surface area contributed by atoms with Crippen molar-refractivity contribution >= 4 is 5.91 Å². The fraction of sp³-hybridized carbons (Fsp3) is 0.250. The van der Waals surface area contributed by atoms with E-state index < -0.39 is 0 Å². The third-order valence-electron chi connectivity index (χ3n) is 4.54. The van der Waals surface area contributed by atoms with E-state index in [2.05, 4.69) is 15.3 Å². The summed E-state index contributed by atoms with van der Waals surface area (Å²) in [6.07, 6.45) is 10.5. The lowest BCUT2D eigenvalue weighted by molar-refractivity contribution is 0.0948. The van der Waals surface area contributed by atoms with E-state index in [1.807, 2.05) is 24.3 Å². The van der Waals surface area contributed by atoms with Crippen LogP contribution in [0.15, 0.2) is 61.3 Å². The molecule has 132 valence electrons. The number of carbonyl (C=O) groups excluding carboxylic acids is 1. The van der Waals surface area contributed by atoms with Crippen molar-refractivity contribution in [3.05, 3.63) is 72.4 Å². The Morgan fingerprint density at radius 2 is 2.12 bits per heavy atom. The Morgan fingerprint density at radius 1 is 1.23 bits per heavy atom. The molecule has 3 aromatic rings. The maximum Gasteiger partial charge on any atom is 0.253 e. The molecule has 0 aliphatic heterocycles. The normalized spacial score (nSPS) is 13.8. The van der Waals surface area contributed by atoms with Crippen LogP contribution < -0.4 is 10.1 Å². The van der Waals surface area contributed by atoms with Crippen molar-refractivity contribution in [1.82, 2.24) is 19.9 Å². The van der Waals surface area contributed by atoms with E-state index in [9.17, 15) is 4.79 Å². The first-order valence-corrected chi connectivity index (χ1v) is 8.77. The number of aromatic nitrogens is 3. The second kappa shape index (κ2) is 7.39. The predicted octanol–water partition coefficient (Wildman–Crippen LogP) is 3.13. The molecule has 0 saturated heterocycles. The third-order valence-corrected chi connectivity index (χ3v) is 4.54. The molecule has 6 heteroatoms. The first kappa shape index (κ1) is 16.3. The van der Waals surface area contributed by atoms with Crippen molar-refractivity contribution in [3.8, 4) is 11.6 Å². The third kappa shape index (κ3) is 3.59. The molecule has 1 N–H and O–H groups in total. The predicted molar refractivity (Wildman–Crippen MR) is 97.2 cm³/mol. The molecule has 1 saturated carbocycles. The summed E-state index contributed by atoms with van der Waals surface area (Å²) < 4.78 is 7.79. The highest BCUT2D eigenvalue weighted by Gasteiger charge is 2.20. The monoisotopic (exact) mass is 348 g/mol. The van der Waals surface area contributed by atoms with Gasteiger partial charge in [0.15, 0.2) is 0 Å².